The highest BCUT2D eigenvalue weighted by Crippen LogP contribution is 2.29. The molecule has 0 saturated heterocycles. The minimum atomic E-state index is -0.594. The van der Waals surface area contributed by atoms with E-state index in [4.69, 9.17) is 4.74 Å². The van der Waals surface area contributed by atoms with Gasteiger partial charge in [-0.15, -0.1) is 0 Å². The zero-order chi connectivity index (χ0) is 22.3. The fourth-order valence-corrected chi connectivity index (χ4v) is 3.52. The van der Waals surface area contributed by atoms with E-state index in [2.05, 4.69) is 10.4 Å². The molecule has 1 aromatic carbocycles. The SMILES string of the molecule is COC(=O)c1ccc(-c2cnn3c(O)c(C(=O)NC4CC4)c(=O)n(CC(C)C)c23)cc1. The van der Waals surface area contributed by atoms with Crippen LogP contribution >= 0.6 is 0 Å². The van der Waals surface area contributed by atoms with Gasteiger partial charge >= 0.3 is 5.97 Å². The van der Waals surface area contributed by atoms with E-state index in [-0.39, 0.29) is 17.5 Å². The average molecular weight is 424 g/mol. The van der Waals surface area contributed by atoms with E-state index in [1.807, 2.05) is 13.8 Å². The van der Waals surface area contributed by atoms with Gasteiger partial charge in [-0.25, -0.2) is 4.79 Å². The molecule has 0 aliphatic heterocycles. The van der Waals surface area contributed by atoms with Gasteiger partial charge in [-0.3, -0.25) is 14.2 Å². The number of nitrogens with zero attached hydrogens (tertiary/aromatic N) is 3. The van der Waals surface area contributed by atoms with Gasteiger partial charge in [-0.1, -0.05) is 26.0 Å². The second kappa shape index (κ2) is 7.90. The predicted octanol–water partition coefficient (Wildman–Crippen LogP) is 2.20. The number of nitrogens with one attached hydrogen (secondary N) is 1. The average Bonchev–Trinajstić information content (AvgIpc) is 3.44. The van der Waals surface area contributed by atoms with Crippen molar-refractivity contribution in [3.05, 3.63) is 51.9 Å². The molecule has 1 aliphatic carbocycles. The second-order valence-corrected chi connectivity index (χ2v) is 8.12. The zero-order valence-electron chi connectivity index (χ0n) is 17.6. The molecular weight excluding hydrogens is 400 g/mol. The van der Waals surface area contributed by atoms with Crippen molar-refractivity contribution >= 4 is 17.5 Å². The number of hydrogen-bond acceptors (Lipinski definition) is 6. The topological polar surface area (TPSA) is 115 Å². The van der Waals surface area contributed by atoms with Gasteiger partial charge in [0.25, 0.3) is 11.5 Å². The van der Waals surface area contributed by atoms with Crippen molar-refractivity contribution in [3.63, 3.8) is 0 Å². The molecule has 1 aliphatic rings. The van der Waals surface area contributed by atoms with E-state index in [0.29, 0.717) is 28.9 Å². The number of aromatic nitrogens is 3. The Morgan fingerprint density at radius 2 is 1.94 bits per heavy atom. The molecule has 9 heteroatoms. The molecule has 4 rings (SSSR count). The van der Waals surface area contributed by atoms with Crippen LogP contribution in [0.2, 0.25) is 0 Å². The van der Waals surface area contributed by atoms with E-state index >= 15 is 0 Å². The number of fused-ring (bicyclic) bond motifs is 1. The number of methoxy groups -OCH3 is 1. The monoisotopic (exact) mass is 424 g/mol. The van der Waals surface area contributed by atoms with E-state index in [1.165, 1.54) is 22.4 Å². The van der Waals surface area contributed by atoms with Crippen molar-refractivity contribution in [1.82, 2.24) is 19.5 Å². The number of esters is 1. The van der Waals surface area contributed by atoms with Crippen LogP contribution in [0.4, 0.5) is 0 Å². The van der Waals surface area contributed by atoms with Crippen LogP contribution in [-0.4, -0.2) is 44.3 Å². The Bertz CT molecular complexity index is 1220. The van der Waals surface area contributed by atoms with Crippen LogP contribution in [0.5, 0.6) is 5.88 Å². The van der Waals surface area contributed by atoms with Crippen molar-refractivity contribution in [2.45, 2.75) is 39.3 Å². The summed E-state index contributed by atoms with van der Waals surface area (Å²) >= 11 is 0. The molecule has 0 spiro atoms. The quantitative estimate of drug-likeness (QED) is 0.586. The normalized spacial score (nSPS) is 13.5. The molecular formula is C22H24N4O5. The highest BCUT2D eigenvalue weighted by atomic mass is 16.5. The number of benzene rings is 1. The standard InChI is InChI=1S/C22H24N4O5/c1-12(2)11-25-19-16(13-4-6-14(7-5-13)22(30)31-3)10-23-26(19)21(29)17(20(25)28)18(27)24-15-8-9-15/h4-7,10,12,15,29H,8-9,11H2,1-3H3,(H,24,27). The first kappa shape index (κ1) is 20.6. The van der Waals surface area contributed by atoms with Crippen LogP contribution in [-0.2, 0) is 11.3 Å². The summed E-state index contributed by atoms with van der Waals surface area (Å²) in [5, 5.41) is 17.8. The molecule has 3 aromatic rings. The van der Waals surface area contributed by atoms with Crippen molar-refractivity contribution in [1.29, 1.82) is 0 Å². The third-order valence-corrected chi connectivity index (χ3v) is 5.19. The Hall–Kier alpha value is -3.62. The van der Waals surface area contributed by atoms with Gasteiger partial charge in [-0.05, 0) is 36.5 Å². The van der Waals surface area contributed by atoms with Gasteiger partial charge in [0.15, 0.2) is 11.2 Å². The highest BCUT2D eigenvalue weighted by Gasteiger charge is 2.30. The number of ether oxygens (including phenoxy) is 1. The summed E-state index contributed by atoms with van der Waals surface area (Å²) in [4.78, 5) is 37.7. The van der Waals surface area contributed by atoms with Crippen LogP contribution in [0.1, 0.15) is 47.4 Å². The Kier molecular flexibility index (Phi) is 5.26. The molecule has 2 heterocycles. The lowest BCUT2D eigenvalue weighted by molar-refractivity contribution is 0.0600. The first-order valence-corrected chi connectivity index (χ1v) is 10.1. The van der Waals surface area contributed by atoms with Crippen molar-refractivity contribution in [2.24, 2.45) is 5.92 Å². The Labute approximate surface area is 178 Å². The number of carbonyl (C=O) groups is 2. The van der Waals surface area contributed by atoms with Gasteiger partial charge in [0.2, 0.25) is 5.88 Å². The van der Waals surface area contributed by atoms with E-state index < -0.39 is 23.3 Å². The predicted molar refractivity (Wildman–Crippen MR) is 113 cm³/mol. The minimum Gasteiger partial charge on any atom is -0.492 e. The largest absolute Gasteiger partial charge is 0.492 e. The molecule has 0 atom stereocenters. The number of aromatic hydroxyl groups is 1. The van der Waals surface area contributed by atoms with Gasteiger partial charge in [0.1, 0.15) is 0 Å². The third-order valence-electron chi connectivity index (χ3n) is 5.19. The number of hydrogen-bond donors (Lipinski definition) is 2. The maximum atomic E-state index is 13.3. The van der Waals surface area contributed by atoms with Crippen LogP contribution in [0.3, 0.4) is 0 Å². The summed E-state index contributed by atoms with van der Waals surface area (Å²) in [6, 6.07) is 6.72. The van der Waals surface area contributed by atoms with Crippen LogP contribution in [0, 0.1) is 5.92 Å². The molecule has 31 heavy (non-hydrogen) atoms. The summed E-state index contributed by atoms with van der Waals surface area (Å²) in [5.74, 6) is -1.43. The molecule has 162 valence electrons. The second-order valence-electron chi connectivity index (χ2n) is 8.12. The summed E-state index contributed by atoms with van der Waals surface area (Å²) < 4.78 is 7.42. The summed E-state index contributed by atoms with van der Waals surface area (Å²) in [5.41, 5.74) is 1.20. The van der Waals surface area contributed by atoms with Crippen molar-refractivity contribution in [2.75, 3.05) is 7.11 Å². The maximum Gasteiger partial charge on any atom is 0.337 e. The first-order valence-electron chi connectivity index (χ1n) is 10.1. The van der Waals surface area contributed by atoms with Gasteiger partial charge in [-0.2, -0.15) is 9.61 Å². The van der Waals surface area contributed by atoms with Gasteiger partial charge in [0, 0.05) is 18.2 Å². The highest BCUT2D eigenvalue weighted by molar-refractivity contribution is 5.97. The van der Waals surface area contributed by atoms with E-state index in [0.717, 1.165) is 12.8 Å². The summed E-state index contributed by atoms with van der Waals surface area (Å²) in [6.07, 6.45) is 3.26. The van der Waals surface area contributed by atoms with E-state index in [1.54, 1.807) is 24.3 Å². The fourth-order valence-electron chi connectivity index (χ4n) is 3.52. The van der Waals surface area contributed by atoms with Gasteiger partial charge < -0.3 is 15.2 Å². The lowest BCUT2D eigenvalue weighted by atomic mass is 10.1. The Balaban J connectivity index is 1.89. The third kappa shape index (κ3) is 3.78. The lowest BCUT2D eigenvalue weighted by Gasteiger charge is -2.16. The number of amides is 1. The maximum absolute atomic E-state index is 13.3. The van der Waals surface area contributed by atoms with Crippen molar-refractivity contribution < 1.29 is 19.4 Å². The molecule has 1 saturated carbocycles. The minimum absolute atomic E-state index is 0.0436. The van der Waals surface area contributed by atoms with Gasteiger partial charge in [0.05, 0.1) is 18.9 Å². The summed E-state index contributed by atoms with van der Waals surface area (Å²) in [7, 11) is 1.31. The van der Waals surface area contributed by atoms with Crippen molar-refractivity contribution in [3.8, 4) is 17.0 Å². The number of carbonyl (C=O) groups excluding carboxylic acids is 2. The zero-order valence-corrected chi connectivity index (χ0v) is 17.6. The molecule has 2 aromatic heterocycles. The van der Waals surface area contributed by atoms with Crippen LogP contribution in [0.25, 0.3) is 16.8 Å². The van der Waals surface area contributed by atoms with Crippen LogP contribution < -0.4 is 10.9 Å². The Morgan fingerprint density at radius 3 is 2.52 bits per heavy atom. The molecule has 1 fully saturated rings. The van der Waals surface area contributed by atoms with E-state index in [9.17, 15) is 19.5 Å². The van der Waals surface area contributed by atoms with Crippen LogP contribution in [0.15, 0.2) is 35.3 Å². The molecule has 9 nitrogen and oxygen atoms in total. The molecule has 0 bridgehead atoms. The summed E-state index contributed by atoms with van der Waals surface area (Å²) in [6.45, 7) is 4.26. The lowest BCUT2D eigenvalue weighted by Crippen LogP contribution is -2.36. The number of rotatable bonds is 6. The first-order chi connectivity index (χ1) is 14.8. The molecule has 1 amide bonds. The fraction of sp³-hybridized carbons (Fsp3) is 0.364. The molecule has 2 N–H and O–H groups in total. The molecule has 0 radical (unpaired) electrons. The smallest absolute Gasteiger partial charge is 0.337 e. The Morgan fingerprint density at radius 1 is 1.26 bits per heavy atom. The molecule has 0 unspecified atom stereocenters.